The van der Waals surface area contributed by atoms with Crippen molar-refractivity contribution in [3.63, 3.8) is 0 Å². The average Bonchev–Trinajstić information content (AvgIpc) is 2.73. The summed E-state index contributed by atoms with van der Waals surface area (Å²) >= 11 is 0. The second kappa shape index (κ2) is 15.8. The molecule has 0 radical (unpaired) electrons. The monoisotopic (exact) mass is 439 g/mol. The Bertz CT molecular complexity index is 686. The van der Waals surface area contributed by atoms with E-state index in [1.165, 1.54) is 4.90 Å². The van der Waals surface area contributed by atoms with E-state index in [4.69, 9.17) is 19.3 Å². The lowest BCUT2D eigenvalue weighted by atomic mass is 10.1. The zero-order valence-corrected chi connectivity index (χ0v) is 18.9. The van der Waals surface area contributed by atoms with Crippen LogP contribution in [0.4, 0.5) is 5.69 Å². The van der Waals surface area contributed by atoms with E-state index in [9.17, 15) is 9.83 Å². The highest BCUT2D eigenvalue weighted by Crippen LogP contribution is 2.49. The first-order chi connectivity index (χ1) is 14.6. The van der Waals surface area contributed by atoms with Crippen LogP contribution in [0, 0.1) is 11.5 Å². The molecule has 0 saturated carbocycles. The van der Waals surface area contributed by atoms with Crippen LogP contribution in [0.3, 0.4) is 0 Å². The molecule has 0 aliphatic rings. The lowest BCUT2D eigenvalue weighted by Gasteiger charge is -2.16. The largest absolute Gasteiger partial charge is 0.474 e. The summed E-state index contributed by atoms with van der Waals surface area (Å²) in [6, 6.07) is 3.42. The van der Waals surface area contributed by atoms with Crippen LogP contribution in [0.15, 0.2) is 29.5 Å². The van der Waals surface area contributed by atoms with Gasteiger partial charge in [0.25, 0.3) is 0 Å². The summed E-state index contributed by atoms with van der Waals surface area (Å²) < 4.78 is 27.6. The maximum absolute atomic E-state index is 12.1. The van der Waals surface area contributed by atoms with Crippen molar-refractivity contribution in [3.8, 4) is 6.19 Å². The highest BCUT2D eigenvalue weighted by molar-refractivity contribution is 7.48. The van der Waals surface area contributed by atoms with Crippen molar-refractivity contribution in [1.82, 2.24) is 4.98 Å². The number of aromatic nitrogens is 1. The fourth-order valence-corrected chi connectivity index (χ4v) is 3.91. The number of aliphatic imine (C=N–C) groups is 1. The molecular formula is C20H34N5O4P. The summed E-state index contributed by atoms with van der Waals surface area (Å²) in [5, 5.41) is 9.27. The van der Waals surface area contributed by atoms with Crippen molar-refractivity contribution >= 4 is 19.5 Å². The number of nitrogens with two attached hydrogens (primary N) is 1. The van der Waals surface area contributed by atoms with Crippen molar-refractivity contribution in [2.75, 3.05) is 31.3 Å². The van der Waals surface area contributed by atoms with E-state index in [0.717, 1.165) is 44.9 Å². The van der Waals surface area contributed by atoms with E-state index in [1.54, 1.807) is 38.4 Å². The Hall–Kier alpha value is -1.98. The molecule has 0 aliphatic carbocycles. The van der Waals surface area contributed by atoms with Gasteiger partial charge in [-0.05, 0) is 38.8 Å². The molecule has 0 unspecified atom stereocenters. The number of phosphoric acid groups is 1. The van der Waals surface area contributed by atoms with Crippen LogP contribution >= 0.6 is 7.82 Å². The summed E-state index contributed by atoms with van der Waals surface area (Å²) in [5.74, 6) is 0.195. The van der Waals surface area contributed by atoms with Gasteiger partial charge in [-0.25, -0.2) is 9.46 Å². The Labute approximate surface area is 179 Å². The zero-order valence-electron chi connectivity index (χ0n) is 18.0. The van der Waals surface area contributed by atoms with Crippen molar-refractivity contribution in [2.24, 2.45) is 10.7 Å². The summed E-state index contributed by atoms with van der Waals surface area (Å²) in [6.07, 6.45) is 12.4. The molecule has 9 nitrogen and oxygen atoms in total. The van der Waals surface area contributed by atoms with E-state index in [2.05, 4.69) is 9.98 Å². The van der Waals surface area contributed by atoms with Crippen molar-refractivity contribution in [1.29, 1.82) is 5.26 Å². The molecule has 1 aromatic heterocycles. The predicted molar refractivity (Wildman–Crippen MR) is 118 cm³/mol. The molecule has 1 rings (SSSR count). The normalized spacial score (nSPS) is 12.0. The van der Waals surface area contributed by atoms with Gasteiger partial charge in [-0.1, -0.05) is 32.1 Å². The summed E-state index contributed by atoms with van der Waals surface area (Å²) in [4.78, 5) is 9.51. The number of guanidine groups is 1. The first-order valence-corrected chi connectivity index (χ1v) is 12.0. The van der Waals surface area contributed by atoms with Crippen LogP contribution in [-0.4, -0.2) is 37.3 Å². The molecule has 0 amide bonds. The maximum atomic E-state index is 12.1. The maximum Gasteiger partial charge on any atom is 0.474 e. The van der Waals surface area contributed by atoms with E-state index in [0.29, 0.717) is 32.1 Å². The van der Waals surface area contributed by atoms with Crippen molar-refractivity contribution in [3.05, 3.63) is 24.5 Å². The van der Waals surface area contributed by atoms with Gasteiger partial charge in [-0.15, -0.1) is 0 Å². The van der Waals surface area contributed by atoms with Gasteiger partial charge in [0.1, 0.15) is 0 Å². The molecule has 30 heavy (non-hydrogen) atoms. The van der Waals surface area contributed by atoms with Crippen LogP contribution in [0.2, 0.25) is 0 Å². The average molecular weight is 439 g/mol. The molecule has 1 aromatic rings. The molecule has 2 N–H and O–H groups in total. The van der Waals surface area contributed by atoms with Gasteiger partial charge >= 0.3 is 7.82 Å². The minimum atomic E-state index is -3.38. The van der Waals surface area contributed by atoms with E-state index < -0.39 is 7.82 Å². The van der Waals surface area contributed by atoms with E-state index >= 15 is 0 Å². The van der Waals surface area contributed by atoms with Crippen LogP contribution < -0.4 is 10.6 Å². The Balaban J connectivity index is 2.10. The van der Waals surface area contributed by atoms with Gasteiger partial charge in [0.15, 0.2) is 6.19 Å². The molecule has 0 saturated heterocycles. The minimum Gasteiger partial charge on any atom is -0.369 e. The van der Waals surface area contributed by atoms with Gasteiger partial charge in [0.2, 0.25) is 5.96 Å². The minimum absolute atomic E-state index is 0.195. The predicted octanol–water partition coefficient (Wildman–Crippen LogP) is 4.61. The summed E-state index contributed by atoms with van der Waals surface area (Å²) in [5.41, 5.74) is 6.57. The number of nitriles is 1. The second-order valence-corrected chi connectivity index (χ2v) is 8.14. The van der Waals surface area contributed by atoms with Gasteiger partial charge in [-0.2, -0.15) is 5.26 Å². The number of rotatable bonds is 16. The number of pyridine rings is 1. The van der Waals surface area contributed by atoms with E-state index in [1.807, 2.05) is 6.19 Å². The van der Waals surface area contributed by atoms with Crippen molar-refractivity contribution in [2.45, 2.75) is 58.8 Å². The van der Waals surface area contributed by atoms with Crippen LogP contribution in [-0.2, 0) is 18.1 Å². The molecule has 0 atom stereocenters. The fraction of sp³-hybridized carbons (Fsp3) is 0.650. The lowest BCUT2D eigenvalue weighted by Crippen LogP contribution is -2.33. The van der Waals surface area contributed by atoms with Gasteiger partial charge in [-0.3, -0.25) is 23.5 Å². The summed E-state index contributed by atoms with van der Waals surface area (Å²) in [7, 11) is -3.38. The third-order valence-corrected chi connectivity index (χ3v) is 5.80. The summed E-state index contributed by atoms with van der Waals surface area (Å²) in [6.45, 7) is 5.08. The Morgan fingerprint density at radius 2 is 1.63 bits per heavy atom. The smallest absolute Gasteiger partial charge is 0.369 e. The quantitative estimate of drug-likeness (QED) is 0.0989. The standard InChI is InChI=1S/C20H34N5O4P/c1-3-27-30(26,28-4-2)29-17-11-9-7-5-6-8-10-14-24-20(22)25(18-21)19-12-15-23-16-13-19/h12-13,15-16H,3-11,14,17H2,1-2H3,(H2,22,24). The van der Waals surface area contributed by atoms with E-state index in [-0.39, 0.29) is 5.96 Å². The lowest BCUT2D eigenvalue weighted by molar-refractivity contribution is 0.120. The molecule has 168 valence electrons. The number of anilines is 1. The topological polar surface area (TPSA) is 123 Å². The van der Waals surface area contributed by atoms with Crippen LogP contribution in [0.1, 0.15) is 58.8 Å². The molecular weight excluding hydrogens is 405 g/mol. The second-order valence-electron chi connectivity index (χ2n) is 6.47. The Kier molecular flexibility index (Phi) is 13.7. The molecule has 1 heterocycles. The Morgan fingerprint density at radius 3 is 2.20 bits per heavy atom. The number of nitrogens with zero attached hydrogens (tertiary/aromatic N) is 4. The number of phosphoric ester groups is 1. The van der Waals surface area contributed by atoms with Crippen LogP contribution in [0.5, 0.6) is 0 Å². The Morgan fingerprint density at radius 1 is 1.07 bits per heavy atom. The molecule has 0 aromatic carbocycles. The molecule has 0 bridgehead atoms. The molecule has 0 spiro atoms. The van der Waals surface area contributed by atoms with Crippen molar-refractivity contribution < 1.29 is 18.1 Å². The highest BCUT2D eigenvalue weighted by atomic mass is 31.2. The van der Waals surface area contributed by atoms with Gasteiger partial charge < -0.3 is 5.73 Å². The van der Waals surface area contributed by atoms with Crippen LogP contribution in [0.25, 0.3) is 0 Å². The molecule has 10 heteroatoms. The number of hydrogen-bond donors (Lipinski definition) is 1. The molecule has 0 fully saturated rings. The number of hydrogen-bond acceptors (Lipinski definition) is 7. The first kappa shape index (κ1) is 26.1. The number of unbranched alkanes of at least 4 members (excludes halogenated alkanes) is 6. The van der Waals surface area contributed by atoms with Gasteiger partial charge in [0.05, 0.1) is 25.5 Å². The third-order valence-electron chi connectivity index (χ3n) is 4.15. The third kappa shape index (κ3) is 10.7. The first-order valence-electron chi connectivity index (χ1n) is 10.5. The fourth-order valence-electron chi connectivity index (χ4n) is 2.70. The highest BCUT2D eigenvalue weighted by Gasteiger charge is 2.24. The zero-order chi connectivity index (χ0) is 22.1. The van der Waals surface area contributed by atoms with Gasteiger partial charge in [0, 0.05) is 18.9 Å². The molecule has 0 aliphatic heterocycles. The SMILES string of the molecule is CCOP(=O)(OCC)OCCCCCCCCCN=C(N)N(C#N)c1ccncc1.